The van der Waals surface area contributed by atoms with Gasteiger partial charge < -0.3 is 9.64 Å². The normalized spacial score (nSPS) is 16.6. The molecule has 1 heterocycles. The number of halogens is 9. The van der Waals surface area contributed by atoms with Crippen LogP contribution >= 0.6 is 0 Å². The second-order valence-corrected chi connectivity index (χ2v) is 8.92. The van der Waals surface area contributed by atoms with Gasteiger partial charge in [-0.25, -0.2) is 4.79 Å². The molecule has 0 radical (unpaired) electrons. The van der Waals surface area contributed by atoms with Gasteiger partial charge in [0.05, 0.1) is 29.8 Å². The van der Waals surface area contributed by atoms with E-state index in [1.54, 1.807) is 18.7 Å². The first kappa shape index (κ1) is 28.5. The minimum Gasteiger partial charge on any atom is -0.453 e. The van der Waals surface area contributed by atoms with Crippen molar-refractivity contribution in [2.75, 3.05) is 18.6 Å². The molecule has 2 aromatic rings. The number of hydrogen-bond acceptors (Lipinski definition) is 3. The van der Waals surface area contributed by atoms with E-state index in [-0.39, 0.29) is 36.3 Å². The second kappa shape index (κ2) is 9.97. The van der Waals surface area contributed by atoms with Gasteiger partial charge in [0.1, 0.15) is 0 Å². The number of anilines is 1. The summed E-state index contributed by atoms with van der Waals surface area (Å²) in [5, 5.41) is 0. The molecule has 0 aliphatic carbocycles. The smallest absolute Gasteiger partial charge is 0.416 e. The molecule has 37 heavy (non-hydrogen) atoms. The molecule has 13 heteroatoms. The van der Waals surface area contributed by atoms with E-state index in [4.69, 9.17) is 4.74 Å². The molecule has 1 atom stereocenters. The Morgan fingerprint density at radius 3 is 2.00 bits per heavy atom. The fourth-order valence-corrected chi connectivity index (χ4v) is 4.41. The third kappa shape index (κ3) is 6.24. The number of methoxy groups -OCH3 is 1. The fraction of sp³-hybridized carbons (Fsp3) is 0.458. The van der Waals surface area contributed by atoms with Crippen LogP contribution in [0.15, 0.2) is 36.4 Å². The number of amides is 1. The maximum absolute atomic E-state index is 13.8. The van der Waals surface area contributed by atoms with Gasteiger partial charge in [-0.2, -0.15) is 39.5 Å². The van der Waals surface area contributed by atoms with Crippen LogP contribution in [0.2, 0.25) is 0 Å². The molecule has 2 aromatic carbocycles. The molecule has 0 aromatic heterocycles. The number of carbonyl (C=O) groups excluding carboxylic acids is 1. The second-order valence-electron chi connectivity index (χ2n) is 8.92. The molecular weight excluding hydrogens is 519 g/mol. The van der Waals surface area contributed by atoms with Crippen LogP contribution < -0.4 is 4.90 Å². The van der Waals surface area contributed by atoms with Gasteiger partial charge in [-0.15, -0.1) is 0 Å². The van der Waals surface area contributed by atoms with Crippen molar-refractivity contribution in [3.8, 4) is 0 Å². The molecule has 0 fully saturated rings. The van der Waals surface area contributed by atoms with Gasteiger partial charge in [0, 0.05) is 24.8 Å². The van der Waals surface area contributed by atoms with E-state index in [0.717, 1.165) is 18.1 Å². The Hall–Kier alpha value is -3.12. The van der Waals surface area contributed by atoms with E-state index in [9.17, 15) is 44.3 Å². The van der Waals surface area contributed by atoms with Gasteiger partial charge in [-0.1, -0.05) is 6.07 Å². The summed E-state index contributed by atoms with van der Waals surface area (Å²) in [5.74, 6) is 0. The highest BCUT2D eigenvalue weighted by atomic mass is 19.4. The summed E-state index contributed by atoms with van der Waals surface area (Å²) < 4.78 is 126. The molecule has 4 nitrogen and oxygen atoms in total. The summed E-state index contributed by atoms with van der Waals surface area (Å²) in [6.07, 6.45) is -16.4. The van der Waals surface area contributed by atoms with Crippen LogP contribution in [-0.2, 0) is 36.2 Å². The predicted octanol–water partition coefficient (Wildman–Crippen LogP) is 7.15. The van der Waals surface area contributed by atoms with Crippen molar-refractivity contribution in [2.24, 2.45) is 0 Å². The van der Waals surface area contributed by atoms with Crippen LogP contribution in [0.1, 0.15) is 41.7 Å². The van der Waals surface area contributed by atoms with Gasteiger partial charge in [0.25, 0.3) is 0 Å². The van der Waals surface area contributed by atoms with Crippen molar-refractivity contribution in [3.05, 3.63) is 64.2 Å². The van der Waals surface area contributed by atoms with Gasteiger partial charge in [0.2, 0.25) is 0 Å². The average Bonchev–Trinajstić information content (AvgIpc) is 2.78. The van der Waals surface area contributed by atoms with Crippen molar-refractivity contribution in [1.82, 2.24) is 4.90 Å². The molecule has 1 aliphatic rings. The molecule has 0 spiro atoms. The minimum atomic E-state index is -5.11. The van der Waals surface area contributed by atoms with Crippen molar-refractivity contribution >= 4 is 11.8 Å². The summed E-state index contributed by atoms with van der Waals surface area (Å²) in [6.45, 7) is 2.64. The van der Waals surface area contributed by atoms with Crippen LogP contribution in [0, 0.1) is 0 Å². The molecule has 1 unspecified atom stereocenters. The Labute approximate surface area is 206 Å². The van der Waals surface area contributed by atoms with Crippen LogP contribution in [0.5, 0.6) is 0 Å². The largest absolute Gasteiger partial charge is 0.453 e. The Bertz CT molecular complexity index is 1110. The number of hydrogen-bond donors (Lipinski definition) is 0. The monoisotopic (exact) mass is 542 g/mol. The summed E-state index contributed by atoms with van der Waals surface area (Å²) in [7, 11) is 0.959. The van der Waals surface area contributed by atoms with Crippen molar-refractivity contribution in [1.29, 1.82) is 0 Å². The molecular formula is C24H23F9N2O2. The van der Waals surface area contributed by atoms with Crippen LogP contribution in [0.4, 0.5) is 50.0 Å². The standard InChI is InChI=1S/C24H23F9N2O2/c1-13(2)34-12-17(10-18-19(24(31,32)33)5-4-6-20(18)34)35(21(36)37-3)11-14-7-15(22(25,26)27)9-16(8-14)23(28,29)30/h4-9,13,17H,10-12H2,1-3H3. The molecule has 0 N–H and O–H groups in total. The molecule has 204 valence electrons. The molecule has 0 bridgehead atoms. The first-order chi connectivity index (χ1) is 16.9. The lowest BCUT2D eigenvalue weighted by Crippen LogP contribution is -2.52. The van der Waals surface area contributed by atoms with Crippen LogP contribution in [-0.4, -0.2) is 36.7 Å². The van der Waals surface area contributed by atoms with Gasteiger partial charge in [0.15, 0.2) is 0 Å². The Morgan fingerprint density at radius 1 is 0.973 bits per heavy atom. The average molecular weight is 542 g/mol. The lowest BCUT2D eigenvalue weighted by Gasteiger charge is -2.43. The maximum atomic E-state index is 13.8. The van der Waals surface area contributed by atoms with E-state index in [0.29, 0.717) is 12.1 Å². The zero-order valence-electron chi connectivity index (χ0n) is 19.9. The van der Waals surface area contributed by atoms with Gasteiger partial charge >= 0.3 is 24.6 Å². The topological polar surface area (TPSA) is 32.8 Å². The number of carbonyl (C=O) groups is 1. The zero-order valence-corrected chi connectivity index (χ0v) is 19.9. The Balaban J connectivity index is 2.10. The quantitative estimate of drug-likeness (QED) is 0.385. The highest BCUT2D eigenvalue weighted by molar-refractivity contribution is 5.69. The highest BCUT2D eigenvalue weighted by Gasteiger charge is 2.41. The van der Waals surface area contributed by atoms with Gasteiger partial charge in [-0.05, 0) is 61.7 Å². The molecule has 0 saturated heterocycles. The molecule has 3 rings (SSSR count). The number of fused-ring (bicyclic) bond motifs is 1. The third-order valence-corrected chi connectivity index (χ3v) is 6.09. The van der Waals surface area contributed by atoms with Crippen LogP contribution in [0.25, 0.3) is 0 Å². The third-order valence-electron chi connectivity index (χ3n) is 6.09. The minimum absolute atomic E-state index is 0.0217. The van der Waals surface area contributed by atoms with Gasteiger partial charge in [-0.3, -0.25) is 4.90 Å². The summed E-state index contributed by atoms with van der Waals surface area (Å²) in [5.41, 5.74) is -4.43. The van der Waals surface area contributed by atoms with Crippen molar-refractivity contribution in [2.45, 2.75) is 57.4 Å². The number of rotatable bonds is 4. The summed E-state index contributed by atoms with van der Waals surface area (Å²) in [6, 6.07) is 3.14. The number of nitrogens with zero attached hydrogens (tertiary/aromatic N) is 2. The van der Waals surface area contributed by atoms with Crippen molar-refractivity contribution in [3.63, 3.8) is 0 Å². The summed E-state index contributed by atoms with van der Waals surface area (Å²) >= 11 is 0. The van der Waals surface area contributed by atoms with E-state index < -0.39 is 59.5 Å². The molecule has 1 aliphatic heterocycles. The lowest BCUT2D eigenvalue weighted by molar-refractivity contribution is -0.143. The van der Waals surface area contributed by atoms with E-state index in [2.05, 4.69) is 0 Å². The zero-order chi connectivity index (χ0) is 27.9. The maximum Gasteiger partial charge on any atom is 0.416 e. The Morgan fingerprint density at radius 2 is 1.54 bits per heavy atom. The number of alkyl halides is 9. The fourth-order valence-electron chi connectivity index (χ4n) is 4.41. The predicted molar refractivity (Wildman–Crippen MR) is 116 cm³/mol. The highest BCUT2D eigenvalue weighted by Crippen LogP contribution is 2.41. The number of ether oxygens (including phenoxy) is 1. The van der Waals surface area contributed by atoms with E-state index in [1.807, 2.05) is 0 Å². The van der Waals surface area contributed by atoms with Crippen LogP contribution in [0.3, 0.4) is 0 Å². The Kier molecular flexibility index (Phi) is 7.67. The first-order valence-corrected chi connectivity index (χ1v) is 11.0. The SMILES string of the molecule is COC(=O)N(Cc1cc(C(F)(F)F)cc(C(F)(F)F)c1)C1Cc2c(cccc2C(F)(F)F)N(C(C)C)C1. The summed E-state index contributed by atoms with van der Waals surface area (Å²) in [4.78, 5) is 15.1. The molecule has 1 amide bonds. The number of benzene rings is 2. The first-order valence-electron chi connectivity index (χ1n) is 11.0. The van der Waals surface area contributed by atoms with Crippen molar-refractivity contribution < 1.29 is 49.0 Å². The van der Waals surface area contributed by atoms with E-state index in [1.165, 1.54) is 12.1 Å². The molecule has 0 saturated carbocycles. The van der Waals surface area contributed by atoms with E-state index >= 15 is 0 Å². The lowest BCUT2D eigenvalue weighted by atomic mass is 9.91.